The maximum atomic E-state index is 12.0. The Kier molecular flexibility index (Phi) is 3.78. The minimum absolute atomic E-state index is 0.277. The summed E-state index contributed by atoms with van der Waals surface area (Å²) >= 11 is 0. The maximum Gasteiger partial charge on any atom is 0.323 e. The molecule has 2 atom stereocenters. The van der Waals surface area contributed by atoms with E-state index >= 15 is 0 Å². The first-order valence-electron chi connectivity index (χ1n) is 5.91. The van der Waals surface area contributed by atoms with Crippen LogP contribution in [0, 0.1) is 5.92 Å². The molecule has 0 saturated heterocycles. The van der Waals surface area contributed by atoms with Crippen LogP contribution in [0.1, 0.15) is 18.5 Å². The summed E-state index contributed by atoms with van der Waals surface area (Å²) in [4.78, 5) is 23.9. The van der Waals surface area contributed by atoms with Gasteiger partial charge in [-0.2, -0.15) is 5.06 Å². The third-order valence-corrected chi connectivity index (χ3v) is 3.03. The van der Waals surface area contributed by atoms with Crippen LogP contribution in [0.15, 0.2) is 42.2 Å². The van der Waals surface area contributed by atoms with E-state index in [2.05, 4.69) is 0 Å². The normalized spacial score (nSPS) is 21.1. The summed E-state index contributed by atoms with van der Waals surface area (Å²) in [5, 5.41) is 10.6. The second-order valence-corrected chi connectivity index (χ2v) is 4.49. The molecular weight excluding hydrogens is 246 g/mol. The van der Waals surface area contributed by atoms with Crippen molar-refractivity contribution in [2.24, 2.45) is 5.92 Å². The van der Waals surface area contributed by atoms with Crippen molar-refractivity contribution in [3.05, 3.63) is 47.7 Å². The average Bonchev–Trinajstić information content (AvgIpc) is 2.34. The predicted octanol–water partition coefficient (Wildman–Crippen LogP) is 1.69. The Labute approximate surface area is 111 Å². The highest BCUT2D eigenvalue weighted by Gasteiger charge is 2.40. The molecule has 0 fully saturated rings. The van der Waals surface area contributed by atoms with Gasteiger partial charge in [0.25, 0.3) is 0 Å². The Hall–Kier alpha value is -1.98. The molecule has 1 aromatic rings. The van der Waals surface area contributed by atoms with Crippen LogP contribution < -0.4 is 0 Å². The van der Waals surface area contributed by atoms with Gasteiger partial charge in [0.1, 0.15) is 11.7 Å². The molecule has 0 aromatic heterocycles. The zero-order valence-corrected chi connectivity index (χ0v) is 10.7. The molecule has 0 bridgehead atoms. The van der Waals surface area contributed by atoms with Crippen molar-refractivity contribution >= 4 is 11.8 Å². The molecule has 5 heteroatoms. The number of ketones is 1. The van der Waals surface area contributed by atoms with Crippen LogP contribution in [0.2, 0.25) is 0 Å². The van der Waals surface area contributed by atoms with E-state index in [1.807, 2.05) is 6.07 Å². The molecule has 0 spiro atoms. The molecule has 2 rings (SSSR count). The van der Waals surface area contributed by atoms with E-state index in [1.165, 1.54) is 13.1 Å². The van der Waals surface area contributed by atoms with E-state index < -0.39 is 17.9 Å². The van der Waals surface area contributed by atoms with E-state index in [0.29, 0.717) is 5.56 Å². The van der Waals surface area contributed by atoms with Crippen molar-refractivity contribution in [1.82, 2.24) is 5.06 Å². The quantitative estimate of drug-likeness (QED) is 0.509. The number of cyclic esters (lactones) is 1. The lowest BCUT2D eigenvalue weighted by atomic mass is 9.88. The summed E-state index contributed by atoms with van der Waals surface area (Å²) in [6, 6.07) is 8.14. The zero-order valence-electron chi connectivity index (χ0n) is 10.7. The van der Waals surface area contributed by atoms with Gasteiger partial charge in [0.2, 0.25) is 0 Å². The first-order chi connectivity index (χ1) is 9.00. The lowest BCUT2D eigenvalue weighted by Crippen LogP contribution is -2.40. The van der Waals surface area contributed by atoms with Gasteiger partial charge >= 0.3 is 5.97 Å². The van der Waals surface area contributed by atoms with Gasteiger partial charge in [0.15, 0.2) is 5.78 Å². The zero-order chi connectivity index (χ0) is 14.0. The van der Waals surface area contributed by atoms with Crippen molar-refractivity contribution in [2.75, 3.05) is 7.05 Å². The van der Waals surface area contributed by atoms with Crippen molar-refractivity contribution < 1.29 is 19.5 Å². The first-order valence-corrected chi connectivity index (χ1v) is 5.91. The van der Waals surface area contributed by atoms with Crippen LogP contribution in [0.4, 0.5) is 0 Å². The van der Waals surface area contributed by atoms with Crippen LogP contribution in [0.25, 0.3) is 0 Å². The van der Waals surface area contributed by atoms with Gasteiger partial charge in [-0.25, -0.2) is 0 Å². The topological polar surface area (TPSA) is 66.8 Å². The molecule has 0 radical (unpaired) electrons. The molecule has 1 aliphatic heterocycles. The Morgan fingerprint density at radius 3 is 2.42 bits per heavy atom. The number of benzene rings is 1. The van der Waals surface area contributed by atoms with Crippen molar-refractivity contribution in [3.63, 3.8) is 0 Å². The fourth-order valence-electron chi connectivity index (χ4n) is 2.22. The van der Waals surface area contributed by atoms with Gasteiger partial charge in [-0.15, -0.1) is 0 Å². The largest absolute Gasteiger partial charge is 0.431 e. The molecule has 0 saturated carbocycles. The van der Waals surface area contributed by atoms with Crippen molar-refractivity contribution in [3.8, 4) is 0 Å². The lowest BCUT2D eigenvalue weighted by Gasteiger charge is -2.30. The summed E-state index contributed by atoms with van der Waals surface area (Å²) in [7, 11) is 1.41. The fraction of sp³-hybridized carbons (Fsp3) is 0.286. The number of rotatable bonds is 3. The van der Waals surface area contributed by atoms with E-state index in [9.17, 15) is 14.8 Å². The second kappa shape index (κ2) is 5.34. The Bertz CT molecular complexity index is 522. The summed E-state index contributed by atoms with van der Waals surface area (Å²) in [5.41, 5.74) is 0.677. The molecule has 1 aromatic carbocycles. The Morgan fingerprint density at radius 2 is 1.89 bits per heavy atom. The number of ether oxygens (including phenoxy) is 1. The Morgan fingerprint density at radius 1 is 1.26 bits per heavy atom. The summed E-state index contributed by atoms with van der Waals surface area (Å²) < 4.78 is 4.99. The van der Waals surface area contributed by atoms with Gasteiger partial charge in [0.05, 0.1) is 6.04 Å². The van der Waals surface area contributed by atoms with Crippen LogP contribution in [-0.2, 0) is 14.3 Å². The molecular formula is C14H15NO4. The third kappa shape index (κ3) is 2.72. The molecule has 2 unspecified atom stereocenters. The van der Waals surface area contributed by atoms with Gasteiger partial charge in [-0.05, 0) is 12.5 Å². The van der Waals surface area contributed by atoms with Gasteiger partial charge in [0, 0.05) is 13.1 Å². The van der Waals surface area contributed by atoms with Crippen LogP contribution in [0.5, 0.6) is 0 Å². The van der Waals surface area contributed by atoms with Crippen LogP contribution in [-0.4, -0.2) is 29.1 Å². The van der Waals surface area contributed by atoms with Crippen LogP contribution >= 0.6 is 0 Å². The molecule has 0 aliphatic carbocycles. The van der Waals surface area contributed by atoms with E-state index in [1.54, 1.807) is 31.2 Å². The highest BCUT2D eigenvalue weighted by Crippen LogP contribution is 2.31. The number of hydrogen-bond donors (Lipinski definition) is 1. The highest BCUT2D eigenvalue weighted by atomic mass is 16.5. The maximum absolute atomic E-state index is 12.0. The summed E-state index contributed by atoms with van der Waals surface area (Å²) in [6.45, 7) is 1.55. The number of carbonyl (C=O) groups excluding carboxylic acids is 2. The number of allylic oxidation sites excluding steroid dienone is 2. The van der Waals surface area contributed by atoms with E-state index in [4.69, 9.17) is 4.74 Å². The lowest BCUT2D eigenvalue weighted by molar-refractivity contribution is -0.166. The molecule has 0 amide bonds. The molecule has 5 nitrogen and oxygen atoms in total. The monoisotopic (exact) mass is 261 g/mol. The van der Waals surface area contributed by atoms with Gasteiger partial charge in [-0.1, -0.05) is 30.3 Å². The first kappa shape index (κ1) is 13.5. The third-order valence-electron chi connectivity index (χ3n) is 3.03. The SMILES string of the molecule is CC1=CC(=O)C(C(c2ccccc2)N(C)O)C(=O)O1. The fourth-order valence-corrected chi connectivity index (χ4v) is 2.22. The minimum Gasteiger partial charge on any atom is -0.431 e. The molecule has 19 heavy (non-hydrogen) atoms. The minimum atomic E-state index is -1.05. The summed E-state index contributed by atoms with van der Waals surface area (Å²) in [5.74, 6) is -1.77. The van der Waals surface area contributed by atoms with Gasteiger partial charge < -0.3 is 9.94 Å². The van der Waals surface area contributed by atoms with Crippen LogP contribution in [0.3, 0.4) is 0 Å². The van der Waals surface area contributed by atoms with Crippen molar-refractivity contribution in [2.45, 2.75) is 13.0 Å². The van der Waals surface area contributed by atoms with Crippen molar-refractivity contribution in [1.29, 1.82) is 0 Å². The number of hydroxylamine groups is 2. The number of carbonyl (C=O) groups is 2. The number of hydrogen-bond acceptors (Lipinski definition) is 5. The molecule has 1 N–H and O–H groups in total. The Balaban J connectivity index is 2.41. The number of nitrogens with zero attached hydrogens (tertiary/aromatic N) is 1. The molecule has 100 valence electrons. The average molecular weight is 261 g/mol. The highest BCUT2D eigenvalue weighted by molar-refractivity contribution is 6.08. The van der Waals surface area contributed by atoms with E-state index in [-0.39, 0.29) is 11.5 Å². The smallest absolute Gasteiger partial charge is 0.323 e. The summed E-state index contributed by atoms with van der Waals surface area (Å²) in [6.07, 6.45) is 1.28. The standard InChI is InChI=1S/C14H15NO4/c1-9-8-11(16)12(14(17)19-9)13(15(2)18)10-6-4-3-5-7-10/h3-8,12-13,18H,1-2H3. The second-order valence-electron chi connectivity index (χ2n) is 4.49. The predicted molar refractivity (Wildman–Crippen MR) is 67.1 cm³/mol. The van der Waals surface area contributed by atoms with Gasteiger partial charge in [-0.3, -0.25) is 9.59 Å². The molecule has 1 heterocycles. The molecule has 1 aliphatic rings. The van der Waals surface area contributed by atoms with E-state index in [0.717, 1.165) is 5.06 Å². The number of esters is 1.